The molecule has 3 heterocycles. The van der Waals surface area contributed by atoms with Crippen LogP contribution in [0.3, 0.4) is 0 Å². The molecule has 0 saturated heterocycles. The molecule has 0 aliphatic rings. The Hall–Kier alpha value is -4.27. The molecule has 170 valence electrons. The molecule has 0 aliphatic carbocycles. The largest absolute Gasteiger partial charge is 0.355 e. The molecule has 9 heteroatoms. The second-order valence-corrected chi connectivity index (χ2v) is 7.82. The molecule has 1 unspecified atom stereocenters. The van der Waals surface area contributed by atoms with Crippen molar-refractivity contribution in [3.8, 4) is 11.3 Å². The van der Waals surface area contributed by atoms with Crippen molar-refractivity contribution in [1.82, 2.24) is 29.8 Å². The molecule has 0 radical (unpaired) electrons. The number of aromatic nitrogens is 5. The Labute approximate surface area is 193 Å². The van der Waals surface area contributed by atoms with E-state index in [1.165, 1.54) is 31.4 Å². The third-order valence-electron chi connectivity index (χ3n) is 5.82. The highest BCUT2D eigenvalue weighted by atomic mass is 19.1. The van der Waals surface area contributed by atoms with E-state index in [-0.39, 0.29) is 17.4 Å². The number of rotatable bonds is 5. The van der Waals surface area contributed by atoms with Gasteiger partial charge in [0.1, 0.15) is 11.6 Å². The lowest BCUT2D eigenvalue weighted by atomic mass is 10.0. The lowest BCUT2D eigenvalue weighted by Gasteiger charge is -2.19. The summed E-state index contributed by atoms with van der Waals surface area (Å²) in [5, 5.41) is 3.24. The van der Waals surface area contributed by atoms with Crippen LogP contribution in [0.1, 0.15) is 35.3 Å². The van der Waals surface area contributed by atoms with Gasteiger partial charge >= 0.3 is 0 Å². The Kier molecular flexibility index (Phi) is 5.45. The number of hydrogen-bond acceptors (Lipinski definition) is 5. The summed E-state index contributed by atoms with van der Waals surface area (Å²) in [5.41, 5.74) is 2.74. The van der Waals surface area contributed by atoms with Gasteiger partial charge in [0, 0.05) is 35.8 Å². The lowest BCUT2D eigenvalue weighted by molar-refractivity contribution is 0.0959. The van der Waals surface area contributed by atoms with Crippen LogP contribution in [0.25, 0.3) is 33.5 Å². The number of halogens is 2. The monoisotopic (exact) mass is 458 g/mol. The predicted octanol–water partition coefficient (Wildman–Crippen LogP) is 4.68. The Morgan fingerprint density at radius 2 is 1.94 bits per heavy atom. The normalized spacial score (nSPS) is 12.2. The summed E-state index contributed by atoms with van der Waals surface area (Å²) in [7, 11) is 1.44. The molecule has 5 rings (SSSR count). The van der Waals surface area contributed by atoms with Crippen LogP contribution in [0.15, 0.2) is 61.2 Å². The molecule has 3 aromatic heterocycles. The Morgan fingerprint density at radius 1 is 1.09 bits per heavy atom. The topological polar surface area (TPSA) is 85.6 Å². The summed E-state index contributed by atoms with van der Waals surface area (Å²) in [5.74, 6) is -1.54. The number of carbonyl (C=O) groups excluding carboxylic acids is 1. The summed E-state index contributed by atoms with van der Waals surface area (Å²) in [6.45, 7) is 1.95. The number of nitrogens with one attached hydrogen (secondary N) is 1. The van der Waals surface area contributed by atoms with Crippen LogP contribution in [-0.4, -0.2) is 37.5 Å². The Balaban J connectivity index is 1.60. The van der Waals surface area contributed by atoms with E-state index < -0.39 is 11.7 Å². The van der Waals surface area contributed by atoms with Crippen LogP contribution >= 0.6 is 0 Å². The van der Waals surface area contributed by atoms with Crippen molar-refractivity contribution in [2.24, 2.45) is 0 Å². The van der Waals surface area contributed by atoms with Crippen LogP contribution < -0.4 is 5.32 Å². The van der Waals surface area contributed by atoms with Gasteiger partial charge in [-0.25, -0.2) is 23.7 Å². The van der Waals surface area contributed by atoms with Gasteiger partial charge in [-0.3, -0.25) is 9.78 Å². The van der Waals surface area contributed by atoms with Gasteiger partial charge in [0.15, 0.2) is 11.3 Å². The summed E-state index contributed by atoms with van der Waals surface area (Å²) in [6, 6.07) is 10.8. The molecule has 0 fully saturated rings. The van der Waals surface area contributed by atoms with Gasteiger partial charge in [-0.05, 0) is 30.7 Å². The van der Waals surface area contributed by atoms with Crippen molar-refractivity contribution < 1.29 is 13.6 Å². The minimum Gasteiger partial charge on any atom is -0.355 e. The number of benzene rings is 2. The fourth-order valence-corrected chi connectivity index (χ4v) is 4.10. The average molecular weight is 458 g/mol. The summed E-state index contributed by atoms with van der Waals surface area (Å²) in [6.07, 6.45) is 5.29. The maximum atomic E-state index is 15.1. The Bertz CT molecular complexity index is 1550. The van der Waals surface area contributed by atoms with E-state index in [2.05, 4.69) is 25.3 Å². The van der Waals surface area contributed by atoms with Crippen LogP contribution in [0.5, 0.6) is 0 Å². The van der Waals surface area contributed by atoms with Gasteiger partial charge < -0.3 is 9.88 Å². The molecule has 34 heavy (non-hydrogen) atoms. The number of hydrogen-bond donors (Lipinski definition) is 1. The molecule has 5 aromatic rings. The zero-order valence-corrected chi connectivity index (χ0v) is 18.5. The summed E-state index contributed by atoms with van der Waals surface area (Å²) < 4.78 is 31.4. The molecule has 1 N–H and O–H groups in total. The zero-order valence-electron chi connectivity index (χ0n) is 18.5. The Morgan fingerprint density at radius 3 is 2.71 bits per heavy atom. The van der Waals surface area contributed by atoms with Crippen LogP contribution in [0.4, 0.5) is 8.78 Å². The van der Waals surface area contributed by atoms with E-state index in [0.717, 1.165) is 5.39 Å². The maximum absolute atomic E-state index is 15.1. The van der Waals surface area contributed by atoms with Gasteiger partial charge in [0.05, 0.1) is 35.3 Å². The van der Waals surface area contributed by atoms with Gasteiger partial charge in [-0.2, -0.15) is 0 Å². The predicted molar refractivity (Wildman–Crippen MR) is 124 cm³/mol. The fourth-order valence-electron chi connectivity index (χ4n) is 4.10. The van der Waals surface area contributed by atoms with E-state index >= 15 is 4.39 Å². The minimum absolute atomic E-state index is 0.0577. The first kappa shape index (κ1) is 21.6. The van der Waals surface area contributed by atoms with Crippen LogP contribution in [0.2, 0.25) is 0 Å². The first-order valence-corrected chi connectivity index (χ1v) is 10.8. The first-order valence-electron chi connectivity index (χ1n) is 10.8. The minimum atomic E-state index is -0.662. The molecule has 7 nitrogen and oxygen atoms in total. The second-order valence-electron chi connectivity index (χ2n) is 7.82. The number of carbonyl (C=O) groups is 1. The van der Waals surface area contributed by atoms with Crippen molar-refractivity contribution >= 4 is 28.1 Å². The van der Waals surface area contributed by atoms with Crippen LogP contribution in [-0.2, 0) is 0 Å². The molecule has 1 atom stereocenters. The third kappa shape index (κ3) is 3.64. The molecule has 0 aliphatic heterocycles. The smallest absolute Gasteiger partial charge is 0.253 e. The average Bonchev–Trinajstić information content (AvgIpc) is 3.27. The first-order chi connectivity index (χ1) is 16.5. The van der Waals surface area contributed by atoms with Crippen molar-refractivity contribution in [3.05, 3.63) is 83.9 Å². The van der Waals surface area contributed by atoms with E-state index in [1.54, 1.807) is 29.2 Å². The molecule has 0 saturated carbocycles. The summed E-state index contributed by atoms with van der Waals surface area (Å²) >= 11 is 0. The van der Waals surface area contributed by atoms with E-state index in [9.17, 15) is 9.18 Å². The van der Waals surface area contributed by atoms with Gasteiger partial charge in [-0.1, -0.05) is 19.1 Å². The highest BCUT2D eigenvalue weighted by Gasteiger charge is 2.21. The number of nitrogens with zero attached hydrogens (tertiary/aromatic N) is 5. The van der Waals surface area contributed by atoms with Crippen molar-refractivity contribution in [2.75, 3.05) is 7.05 Å². The lowest BCUT2D eigenvalue weighted by Crippen LogP contribution is -2.19. The molecule has 1 amide bonds. The van der Waals surface area contributed by atoms with E-state index in [4.69, 9.17) is 0 Å². The fraction of sp³-hybridized carbons (Fsp3) is 0.160. The zero-order chi connectivity index (χ0) is 23.8. The summed E-state index contributed by atoms with van der Waals surface area (Å²) in [4.78, 5) is 29.4. The third-order valence-corrected chi connectivity index (χ3v) is 5.82. The highest BCUT2D eigenvalue weighted by molar-refractivity contribution is 5.94. The van der Waals surface area contributed by atoms with E-state index in [1.807, 2.05) is 19.1 Å². The van der Waals surface area contributed by atoms with Gasteiger partial charge in [0.25, 0.3) is 5.91 Å². The number of pyridine rings is 1. The van der Waals surface area contributed by atoms with Crippen LogP contribution in [0, 0.1) is 11.6 Å². The molecule has 0 bridgehead atoms. The SMILES string of the molecule is CCC(c1cc2cccnc2cc1F)n1cnc2ncc(-c3ccc(C(=O)NC)c(F)c3)nc21. The highest BCUT2D eigenvalue weighted by Crippen LogP contribution is 2.30. The molecule has 0 spiro atoms. The van der Waals surface area contributed by atoms with Crippen molar-refractivity contribution in [1.29, 1.82) is 0 Å². The van der Waals surface area contributed by atoms with Gasteiger partial charge in [-0.15, -0.1) is 0 Å². The quantitative estimate of drug-likeness (QED) is 0.413. The second kappa shape index (κ2) is 8.58. The standard InChI is InChI=1S/C25H20F2N6O/c1-3-22(17-9-14-5-4-8-29-20(14)11-19(17)27)33-13-31-23-24(33)32-21(12-30-23)15-6-7-16(18(26)10-15)25(34)28-2/h4-13,22H,3H2,1-2H3,(H,28,34). The maximum Gasteiger partial charge on any atom is 0.253 e. The number of amides is 1. The van der Waals surface area contributed by atoms with Gasteiger partial charge in [0.2, 0.25) is 0 Å². The molecule has 2 aromatic carbocycles. The molecular weight excluding hydrogens is 438 g/mol. The van der Waals surface area contributed by atoms with E-state index in [0.29, 0.717) is 40.1 Å². The molecular formula is C25H20F2N6O. The number of imidazole rings is 1. The van der Waals surface area contributed by atoms with Crippen molar-refractivity contribution in [2.45, 2.75) is 19.4 Å². The van der Waals surface area contributed by atoms with Crippen molar-refractivity contribution in [3.63, 3.8) is 0 Å². The number of fused-ring (bicyclic) bond motifs is 2.